The lowest BCUT2D eigenvalue weighted by molar-refractivity contribution is -0.140. The molecule has 2 N–H and O–H groups in total. The van der Waals surface area contributed by atoms with Crippen molar-refractivity contribution >= 4 is 45.8 Å². The lowest BCUT2D eigenvalue weighted by Crippen LogP contribution is -2.42. The van der Waals surface area contributed by atoms with Gasteiger partial charge in [-0.15, -0.1) is 12.4 Å². The highest BCUT2D eigenvalue weighted by Crippen LogP contribution is 2.31. The molecule has 0 bridgehead atoms. The maximum Gasteiger partial charge on any atom is 0.239 e. The van der Waals surface area contributed by atoms with Crippen LogP contribution in [0.4, 0.5) is 5.69 Å². The summed E-state index contributed by atoms with van der Waals surface area (Å²) < 4.78 is 0.927. The Morgan fingerprint density at radius 2 is 2.17 bits per heavy atom. The number of benzene rings is 1. The smallest absolute Gasteiger partial charge is 0.239 e. The first-order chi connectivity index (χ1) is 11.0. The minimum atomic E-state index is -0.548. The van der Waals surface area contributed by atoms with E-state index < -0.39 is 5.92 Å². The van der Waals surface area contributed by atoms with Gasteiger partial charge >= 0.3 is 0 Å². The molecule has 24 heavy (non-hydrogen) atoms. The van der Waals surface area contributed by atoms with Crippen LogP contribution < -0.4 is 10.6 Å². The lowest BCUT2D eigenvalue weighted by Gasteiger charge is -2.24. The van der Waals surface area contributed by atoms with Gasteiger partial charge in [-0.3, -0.25) is 9.59 Å². The Balaban J connectivity index is 0.00000208. The average Bonchev–Trinajstić information content (AvgIpc) is 3.09. The maximum absolute atomic E-state index is 12.8. The molecule has 0 aliphatic carbocycles. The van der Waals surface area contributed by atoms with Gasteiger partial charge in [-0.2, -0.15) is 0 Å². The standard InChI is InChI=1S/C17H22BrN3O2.ClH/c1-11-7-12(9-19)10-21(11)17(23)15-5-6-20(16(15)22)14-4-2-3-13(18)8-14;/h2-4,8,11-12,15H,5-7,9-10,19H2,1H3;1H. The summed E-state index contributed by atoms with van der Waals surface area (Å²) in [5.41, 5.74) is 6.58. The highest BCUT2D eigenvalue weighted by Gasteiger charge is 2.43. The molecular formula is C17H23BrClN3O2. The second kappa shape index (κ2) is 7.85. The van der Waals surface area contributed by atoms with Crippen molar-refractivity contribution in [2.45, 2.75) is 25.8 Å². The van der Waals surface area contributed by atoms with Crippen molar-refractivity contribution in [3.63, 3.8) is 0 Å². The van der Waals surface area contributed by atoms with Crippen LogP contribution in [0.25, 0.3) is 0 Å². The largest absolute Gasteiger partial charge is 0.339 e. The van der Waals surface area contributed by atoms with E-state index in [1.165, 1.54) is 0 Å². The summed E-state index contributed by atoms with van der Waals surface area (Å²) in [5.74, 6) is -0.313. The quantitative estimate of drug-likeness (QED) is 0.770. The van der Waals surface area contributed by atoms with Gasteiger partial charge in [0.2, 0.25) is 11.8 Å². The number of rotatable bonds is 3. The molecule has 2 amide bonds. The highest BCUT2D eigenvalue weighted by molar-refractivity contribution is 9.10. The Labute approximate surface area is 157 Å². The lowest BCUT2D eigenvalue weighted by atomic mass is 10.1. The molecular weight excluding hydrogens is 394 g/mol. The van der Waals surface area contributed by atoms with E-state index in [9.17, 15) is 9.59 Å². The van der Waals surface area contributed by atoms with Crippen molar-refractivity contribution in [3.8, 4) is 0 Å². The van der Waals surface area contributed by atoms with Crippen LogP contribution in [-0.4, -0.2) is 42.4 Å². The maximum atomic E-state index is 12.8. The minimum Gasteiger partial charge on any atom is -0.339 e. The molecule has 1 aromatic rings. The van der Waals surface area contributed by atoms with Crippen LogP contribution in [0, 0.1) is 11.8 Å². The molecule has 0 aromatic heterocycles. The van der Waals surface area contributed by atoms with E-state index in [0.717, 1.165) is 16.6 Å². The summed E-state index contributed by atoms with van der Waals surface area (Å²) in [6.07, 6.45) is 1.51. The zero-order valence-electron chi connectivity index (χ0n) is 13.7. The van der Waals surface area contributed by atoms with E-state index in [1.807, 2.05) is 36.1 Å². The van der Waals surface area contributed by atoms with Gasteiger partial charge in [-0.1, -0.05) is 22.0 Å². The van der Waals surface area contributed by atoms with Gasteiger partial charge in [-0.05, 0) is 50.4 Å². The summed E-state index contributed by atoms with van der Waals surface area (Å²) >= 11 is 3.42. The summed E-state index contributed by atoms with van der Waals surface area (Å²) in [6.45, 7) is 3.90. The van der Waals surface area contributed by atoms with Gasteiger partial charge in [-0.25, -0.2) is 0 Å². The fraction of sp³-hybridized carbons (Fsp3) is 0.529. The van der Waals surface area contributed by atoms with Crippen LogP contribution in [0.2, 0.25) is 0 Å². The normalized spacial score (nSPS) is 26.6. The van der Waals surface area contributed by atoms with Gasteiger partial charge in [0.15, 0.2) is 0 Å². The van der Waals surface area contributed by atoms with Crippen LogP contribution in [0.1, 0.15) is 19.8 Å². The van der Waals surface area contributed by atoms with Crippen molar-refractivity contribution in [2.75, 3.05) is 24.5 Å². The van der Waals surface area contributed by atoms with Crippen LogP contribution in [0.3, 0.4) is 0 Å². The highest BCUT2D eigenvalue weighted by atomic mass is 79.9. The minimum absolute atomic E-state index is 0. The van der Waals surface area contributed by atoms with Crippen molar-refractivity contribution < 1.29 is 9.59 Å². The first kappa shape index (κ1) is 19.2. The third-order valence-corrected chi connectivity index (χ3v) is 5.39. The Morgan fingerprint density at radius 3 is 2.79 bits per heavy atom. The number of hydrogen-bond donors (Lipinski definition) is 1. The Kier molecular flexibility index (Phi) is 6.28. The topological polar surface area (TPSA) is 66.6 Å². The van der Waals surface area contributed by atoms with Crippen LogP contribution in [-0.2, 0) is 9.59 Å². The number of hydrogen-bond acceptors (Lipinski definition) is 3. The van der Waals surface area contributed by atoms with Gasteiger partial charge in [0.25, 0.3) is 0 Å². The molecule has 132 valence electrons. The number of nitrogens with two attached hydrogens (primary N) is 1. The van der Waals surface area contributed by atoms with Gasteiger partial charge in [0, 0.05) is 29.3 Å². The van der Waals surface area contributed by atoms with E-state index in [4.69, 9.17) is 5.73 Å². The van der Waals surface area contributed by atoms with Crippen LogP contribution in [0.15, 0.2) is 28.7 Å². The molecule has 3 atom stereocenters. The second-order valence-corrected chi connectivity index (χ2v) is 7.40. The van der Waals surface area contributed by atoms with Crippen LogP contribution in [0.5, 0.6) is 0 Å². The van der Waals surface area contributed by atoms with E-state index in [-0.39, 0.29) is 30.3 Å². The first-order valence-corrected chi connectivity index (χ1v) is 8.88. The molecule has 3 unspecified atom stereocenters. The molecule has 2 heterocycles. The SMILES string of the molecule is CC1CC(CN)CN1C(=O)C1CCN(c2cccc(Br)c2)C1=O.Cl. The predicted octanol–water partition coefficient (Wildman–Crippen LogP) is 2.42. The first-order valence-electron chi connectivity index (χ1n) is 8.08. The number of carbonyl (C=O) groups excluding carboxylic acids is 2. The van der Waals surface area contributed by atoms with Crippen molar-refractivity contribution in [1.29, 1.82) is 0 Å². The zero-order valence-corrected chi connectivity index (χ0v) is 16.1. The third-order valence-electron chi connectivity index (χ3n) is 4.90. The monoisotopic (exact) mass is 415 g/mol. The van der Waals surface area contributed by atoms with Crippen molar-refractivity contribution in [3.05, 3.63) is 28.7 Å². The molecule has 0 spiro atoms. The average molecular weight is 417 g/mol. The second-order valence-electron chi connectivity index (χ2n) is 6.49. The van der Waals surface area contributed by atoms with E-state index in [1.54, 1.807) is 4.90 Å². The molecule has 0 saturated carbocycles. The molecule has 2 aliphatic heterocycles. The molecule has 2 fully saturated rings. The molecule has 7 heteroatoms. The number of amides is 2. The Morgan fingerprint density at radius 1 is 1.42 bits per heavy atom. The number of anilines is 1. The zero-order chi connectivity index (χ0) is 16.6. The van der Waals surface area contributed by atoms with E-state index >= 15 is 0 Å². The van der Waals surface area contributed by atoms with Gasteiger partial charge < -0.3 is 15.5 Å². The summed E-state index contributed by atoms with van der Waals surface area (Å²) in [7, 11) is 0. The summed E-state index contributed by atoms with van der Waals surface area (Å²) in [5, 5.41) is 0. The molecule has 5 nitrogen and oxygen atoms in total. The van der Waals surface area contributed by atoms with E-state index in [2.05, 4.69) is 15.9 Å². The Bertz CT molecular complexity index is 628. The third kappa shape index (κ3) is 3.60. The molecule has 1 aromatic carbocycles. The number of nitrogens with zero attached hydrogens (tertiary/aromatic N) is 2. The fourth-order valence-corrected chi connectivity index (χ4v) is 4.02. The molecule has 0 radical (unpaired) electrons. The Hall–Kier alpha value is -1.11. The number of halogens is 2. The number of likely N-dealkylation sites (tertiary alicyclic amines) is 1. The van der Waals surface area contributed by atoms with Crippen molar-refractivity contribution in [1.82, 2.24) is 4.90 Å². The summed E-state index contributed by atoms with van der Waals surface area (Å²) in [4.78, 5) is 29.1. The molecule has 2 aliphatic rings. The predicted molar refractivity (Wildman–Crippen MR) is 100 cm³/mol. The number of carbonyl (C=O) groups is 2. The van der Waals surface area contributed by atoms with Crippen molar-refractivity contribution in [2.24, 2.45) is 17.6 Å². The van der Waals surface area contributed by atoms with E-state index in [0.29, 0.717) is 32.0 Å². The van der Waals surface area contributed by atoms with Gasteiger partial charge in [0.05, 0.1) is 0 Å². The fourth-order valence-electron chi connectivity index (χ4n) is 3.63. The van der Waals surface area contributed by atoms with Crippen LogP contribution >= 0.6 is 28.3 Å². The molecule has 3 rings (SSSR count). The van der Waals surface area contributed by atoms with Gasteiger partial charge in [0.1, 0.15) is 5.92 Å². The molecule has 2 saturated heterocycles. The summed E-state index contributed by atoms with van der Waals surface area (Å²) in [6, 6.07) is 7.80.